The molecule has 1 amide bonds. The van der Waals surface area contributed by atoms with Crippen molar-refractivity contribution in [3.8, 4) is 22.5 Å². The predicted molar refractivity (Wildman–Crippen MR) is 105 cm³/mol. The summed E-state index contributed by atoms with van der Waals surface area (Å²) in [5.74, 6) is 0.709. The van der Waals surface area contributed by atoms with E-state index in [0.717, 1.165) is 34.5 Å². The van der Waals surface area contributed by atoms with Crippen LogP contribution in [-0.4, -0.2) is 34.7 Å². The SMILES string of the molecule is CCc1ccc(Cl)cc1-c1cc(-c2cc(NC)ncn2)cn1C(=O)NC. The molecule has 3 rings (SSSR count). The second-order valence-electron chi connectivity index (χ2n) is 5.73. The lowest BCUT2D eigenvalue weighted by Gasteiger charge is -2.11. The fourth-order valence-corrected chi connectivity index (χ4v) is 3.02. The van der Waals surface area contributed by atoms with Crippen LogP contribution in [0.15, 0.2) is 42.9 Å². The van der Waals surface area contributed by atoms with Crippen molar-refractivity contribution in [1.29, 1.82) is 0 Å². The number of aromatic nitrogens is 3. The molecular formula is C19H20ClN5O. The van der Waals surface area contributed by atoms with Crippen LogP contribution in [0.4, 0.5) is 10.6 Å². The average Bonchev–Trinajstić information content (AvgIpc) is 3.12. The van der Waals surface area contributed by atoms with Gasteiger partial charge >= 0.3 is 6.03 Å². The summed E-state index contributed by atoms with van der Waals surface area (Å²) in [5.41, 5.74) is 4.36. The first-order valence-electron chi connectivity index (χ1n) is 8.30. The molecule has 0 unspecified atom stereocenters. The lowest BCUT2D eigenvalue weighted by atomic mass is 10.0. The van der Waals surface area contributed by atoms with Gasteiger partial charge in [-0.25, -0.2) is 14.8 Å². The highest BCUT2D eigenvalue weighted by Crippen LogP contribution is 2.32. The number of nitrogens with zero attached hydrogens (tertiary/aromatic N) is 3. The number of carbonyl (C=O) groups excluding carboxylic acids is 1. The third-order valence-electron chi connectivity index (χ3n) is 4.20. The molecule has 2 aromatic heterocycles. The molecule has 7 heteroatoms. The second-order valence-corrected chi connectivity index (χ2v) is 6.17. The Hall–Kier alpha value is -2.86. The van der Waals surface area contributed by atoms with Crippen molar-refractivity contribution in [2.45, 2.75) is 13.3 Å². The van der Waals surface area contributed by atoms with Gasteiger partial charge in [0.25, 0.3) is 0 Å². The van der Waals surface area contributed by atoms with Crippen molar-refractivity contribution in [1.82, 2.24) is 19.9 Å². The van der Waals surface area contributed by atoms with E-state index in [-0.39, 0.29) is 6.03 Å². The number of aryl methyl sites for hydroxylation is 1. The highest BCUT2D eigenvalue weighted by Gasteiger charge is 2.17. The molecule has 0 saturated heterocycles. The van der Waals surface area contributed by atoms with Crippen molar-refractivity contribution >= 4 is 23.4 Å². The number of amides is 1. The third-order valence-corrected chi connectivity index (χ3v) is 4.44. The van der Waals surface area contributed by atoms with Crippen molar-refractivity contribution < 1.29 is 4.79 Å². The molecule has 0 aliphatic rings. The van der Waals surface area contributed by atoms with E-state index in [1.807, 2.05) is 30.3 Å². The summed E-state index contributed by atoms with van der Waals surface area (Å²) in [5, 5.41) is 6.30. The molecule has 0 aliphatic carbocycles. The van der Waals surface area contributed by atoms with E-state index < -0.39 is 0 Å². The van der Waals surface area contributed by atoms with Crippen LogP contribution in [0.25, 0.3) is 22.5 Å². The summed E-state index contributed by atoms with van der Waals surface area (Å²) < 4.78 is 1.58. The predicted octanol–water partition coefficient (Wildman–Crippen LogP) is 4.06. The summed E-state index contributed by atoms with van der Waals surface area (Å²) in [6, 6.07) is 9.30. The smallest absolute Gasteiger partial charge is 0.325 e. The minimum atomic E-state index is -0.226. The van der Waals surface area contributed by atoms with E-state index in [0.29, 0.717) is 10.8 Å². The fourth-order valence-electron chi connectivity index (χ4n) is 2.85. The molecule has 0 atom stereocenters. The zero-order valence-electron chi connectivity index (χ0n) is 14.9. The molecule has 0 radical (unpaired) electrons. The minimum absolute atomic E-state index is 0.226. The molecular weight excluding hydrogens is 350 g/mol. The average molecular weight is 370 g/mol. The summed E-state index contributed by atoms with van der Waals surface area (Å²) >= 11 is 6.21. The van der Waals surface area contributed by atoms with Gasteiger partial charge in [0, 0.05) is 42.5 Å². The second kappa shape index (κ2) is 7.58. The number of anilines is 1. The Kier molecular flexibility index (Phi) is 5.23. The van der Waals surface area contributed by atoms with Crippen LogP contribution in [0.1, 0.15) is 12.5 Å². The number of carbonyl (C=O) groups is 1. The van der Waals surface area contributed by atoms with Crippen molar-refractivity contribution in [2.24, 2.45) is 0 Å². The van der Waals surface area contributed by atoms with Gasteiger partial charge < -0.3 is 10.6 Å². The van der Waals surface area contributed by atoms with Gasteiger partial charge in [-0.3, -0.25) is 4.57 Å². The number of hydrogen-bond donors (Lipinski definition) is 2. The van der Waals surface area contributed by atoms with Crippen LogP contribution in [0.2, 0.25) is 5.02 Å². The highest BCUT2D eigenvalue weighted by molar-refractivity contribution is 6.30. The van der Waals surface area contributed by atoms with E-state index in [2.05, 4.69) is 27.5 Å². The standard InChI is InChI=1S/C19H20ClN5O/c1-4-12-5-6-14(20)8-15(12)17-7-13(10-25(17)19(26)22-3)16-9-18(21-2)24-11-23-16/h5-11H,4H2,1-3H3,(H,22,26)(H,21,23,24). The van der Waals surface area contributed by atoms with Gasteiger partial charge in [-0.15, -0.1) is 0 Å². The largest absolute Gasteiger partial charge is 0.373 e. The Morgan fingerprint density at radius 1 is 1.19 bits per heavy atom. The Morgan fingerprint density at radius 2 is 2.00 bits per heavy atom. The van der Waals surface area contributed by atoms with Crippen LogP contribution >= 0.6 is 11.6 Å². The van der Waals surface area contributed by atoms with E-state index in [9.17, 15) is 4.79 Å². The van der Waals surface area contributed by atoms with E-state index in [1.54, 1.807) is 24.9 Å². The molecule has 0 aliphatic heterocycles. The van der Waals surface area contributed by atoms with E-state index >= 15 is 0 Å². The first kappa shape index (κ1) is 17.9. The monoisotopic (exact) mass is 369 g/mol. The number of benzene rings is 1. The summed E-state index contributed by atoms with van der Waals surface area (Å²) in [6.45, 7) is 2.07. The minimum Gasteiger partial charge on any atom is -0.373 e. The quantitative estimate of drug-likeness (QED) is 0.727. The lowest BCUT2D eigenvalue weighted by Crippen LogP contribution is -2.24. The Morgan fingerprint density at radius 3 is 2.69 bits per heavy atom. The first-order chi connectivity index (χ1) is 12.6. The van der Waals surface area contributed by atoms with Gasteiger partial charge in [0.15, 0.2) is 0 Å². The van der Waals surface area contributed by atoms with Gasteiger partial charge in [-0.2, -0.15) is 0 Å². The Labute approximate surface area is 157 Å². The molecule has 2 N–H and O–H groups in total. The van der Waals surface area contributed by atoms with Gasteiger partial charge in [0.05, 0.1) is 11.4 Å². The summed E-state index contributed by atoms with van der Waals surface area (Å²) in [7, 11) is 3.40. The summed E-state index contributed by atoms with van der Waals surface area (Å²) in [4.78, 5) is 20.9. The van der Waals surface area contributed by atoms with E-state index in [4.69, 9.17) is 11.6 Å². The molecule has 134 valence electrons. The molecule has 6 nitrogen and oxygen atoms in total. The maximum absolute atomic E-state index is 12.4. The normalized spacial score (nSPS) is 10.6. The topological polar surface area (TPSA) is 71.8 Å². The first-order valence-corrected chi connectivity index (χ1v) is 8.68. The number of nitrogens with one attached hydrogen (secondary N) is 2. The molecule has 3 aromatic rings. The van der Waals surface area contributed by atoms with Crippen LogP contribution in [-0.2, 0) is 6.42 Å². The van der Waals surface area contributed by atoms with Crippen LogP contribution in [0, 0.1) is 0 Å². The summed E-state index contributed by atoms with van der Waals surface area (Å²) in [6.07, 6.45) is 4.10. The van der Waals surface area contributed by atoms with Crippen LogP contribution < -0.4 is 10.6 Å². The van der Waals surface area contributed by atoms with Crippen LogP contribution in [0.5, 0.6) is 0 Å². The third kappa shape index (κ3) is 3.41. The molecule has 26 heavy (non-hydrogen) atoms. The molecule has 2 heterocycles. The van der Waals surface area contributed by atoms with Gasteiger partial charge in [-0.05, 0) is 30.2 Å². The number of hydrogen-bond acceptors (Lipinski definition) is 4. The van der Waals surface area contributed by atoms with Gasteiger partial charge in [0.1, 0.15) is 12.1 Å². The molecule has 0 bridgehead atoms. The zero-order chi connectivity index (χ0) is 18.7. The zero-order valence-corrected chi connectivity index (χ0v) is 15.6. The number of rotatable bonds is 4. The molecule has 0 saturated carbocycles. The number of halogens is 1. The van der Waals surface area contributed by atoms with Gasteiger partial charge in [-0.1, -0.05) is 24.6 Å². The maximum atomic E-state index is 12.4. The van der Waals surface area contributed by atoms with Crippen molar-refractivity contribution in [2.75, 3.05) is 19.4 Å². The fraction of sp³-hybridized carbons (Fsp3) is 0.211. The maximum Gasteiger partial charge on any atom is 0.325 e. The van der Waals surface area contributed by atoms with E-state index in [1.165, 1.54) is 6.33 Å². The lowest BCUT2D eigenvalue weighted by molar-refractivity contribution is 0.245. The molecule has 0 fully saturated rings. The van der Waals surface area contributed by atoms with Gasteiger partial charge in [0.2, 0.25) is 0 Å². The molecule has 0 spiro atoms. The Bertz CT molecular complexity index is 951. The Balaban J connectivity index is 2.20. The van der Waals surface area contributed by atoms with Crippen LogP contribution in [0.3, 0.4) is 0 Å². The highest BCUT2D eigenvalue weighted by atomic mass is 35.5. The molecule has 1 aromatic carbocycles. The van der Waals surface area contributed by atoms with Crippen molar-refractivity contribution in [3.05, 3.63) is 53.4 Å². The van der Waals surface area contributed by atoms with Crippen molar-refractivity contribution in [3.63, 3.8) is 0 Å².